The molecule has 74 valence electrons. The molecule has 0 saturated heterocycles. The first-order chi connectivity index (χ1) is 6.72. The predicted octanol–water partition coefficient (Wildman–Crippen LogP) is 3.27. The molecule has 0 radical (unpaired) electrons. The Hall–Kier alpha value is -0.860. The van der Waals surface area contributed by atoms with Crippen molar-refractivity contribution < 1.29 is 0 Å². The van der Waals surface area contributed by atoms with E-state index in [1.54, 1.807) is 0 Å². The maximum Gasteiger partial charge on any atom is 0.0348 e. The van der Waals surface area contributed by atoms with E-state index in [4.69, 9.17) is 5.73 Å². The molecule has 0 aliphatic heterocycles. The Morgan fingerprint density at radius 2 is 2.21 bits per heavy atom. The summed E-state index contributed by atoms with van der Waals surface area (Å²) in [7, 11) is 0. The molecule has 0 aliphatic rings. The van der Waals surface area contributed by atoms with Crippen molar-refractivity contribution >= 4 is 21.4 Å². The number of nitrogens with two attached hydrogens (primary N) is 1. The number of hydrogen-bond acceptors (Lipinski definition) is 2. The molecule has 1 heterocycles. The van der Waals surface area contributed by atoms with Gasteiger partial charge in [0, 0.05) is 4.70 Å². The molecule has 1 aromatic heterocycles. The maximum absolute atomic E-state index is 5.69. The van der Waals surface area contributed by atoms with Crippen molar-refractivity contribution in [2.75, 3.05) is 6.54 Å². The first-order valence-corrected chi connectivity index (χ1v) is 5.78. The van der Waals surface area contributed by atoms with Crippen LogP contribution in [-0.4, -0.2) is 6.54 Å². The van der Waals surface area contributed by atoms with Gasteiger partial charge in [0.2, 0.25) is 0 Å². The predicted molar refractivity (Wildman–Crippen MR) is 64.0 cm³/mol. The molecule has 0 fully saturated rings. The third-order valence-corrected chi connectivity index (χ3v) is 3.61. The molecule has 2 rings (SSSR count). The van der Waals surface area contributed by atoms with Gasteiger partial charge in [-0.25, -0.2) is 0 Å². The van der Waals surface area contributed by atoms with Crippen LogP contribution in [-0.2, 0) is 0 Å². The molecule has 1 aromatic carbocycles. The lowest BCUT2D eigenvalue weighted by Crippen LogP contribution is -2.08. The van der Waals surface area contributed by atoms with Gasteiger partial charge in [-0.15, -0.1) is 11.3 Å². The van der Waals surface area contributed by atoms with Gasteiger partial charge in [0.25, 0.3) is 0 Å². The number of thiophene rings is 1. The molecular weight excluding hydrogens is 190 g/mol. The topological polar surface area (TPSA) is 26.0 Å². The monoisotopic (exact) mass is 205 g/mol. The Kier molecular flexibility index (Phi) is 2.57. The third-order valence-electron chi connectivity index (χ3n) is 2.65. The zero-order valence-electron chi connectivity index (χ0n) is 8.58. The summed E-state index contributed by atoms with van der Waals surface area (Å²) < 4.78 is 1.38. The summed E-state index contributed by atoms with van der Waals surface area (Å²) in [5, 5.41) is 3.61. The fourth-order valence-electron chi connectivity index (χ4n) is 1.66. The van der Waals surface area contributed by atoms with Crippen LogP contribution < -0.4 is 5.73 Å². The highest BCUT2D eigenvalue weighted by molar-refractivity contribution is 7.17. The van der Waals surface area contributed by atoms with Crippen LogP contribution in [0.4, 0.5) is 0 Å². The van der Waals surface area contributed by atoms with Crippen molar-refractivity contribution in [3.05, 3.63) is 34.7 Å². The summed E-state index contributed by atoms with van der Waals surface area (Å²) in [5.41, 5.74) is 8.41. The van der Waals surface area contributed by atoms with Gasteiger partial charge >= 0.3 is 0 Å². The molecule has 2 heteroatoms. The van der Waals surface area contributed by atoms with Crippen LogP contribution in [0.15, 0.2) is 23.6 Å². The second-order valence-corrected chi connectivity index (χ2v) is 4.74. The molecule has 1 nitrogen and oxygen atoms in total. The standard InChI is InChI=1S/C12H15NS/c1-8-3-4-10-11(9(2)6-13)7-14-12(10)5-8/h3-5,7,9H,6,13H2,1-2H3. The van der Waals surface area contributed by atoms with Crippen molar-refractivity contribution in [3.8, 4) is 0 Å². The van der Waals surface area contributed by atoms with Crippen molar-refractivity contribution in [3.63, 3.8) is 0 Å². The second-order valence-electron chi connectivity index (χ2n) is 3.83. The number of benzene rings is 1. The maximum atomic E-state index is 5.69. The molecule has 0 saturated carbocycles. The highest BCUT2D eigenvalue weighted by Crippen LogP contribution is 2.31. The lowest BCUT2D eigenvalue weighted by atomic mass is 10.0. The fourth-order valence-corrected chi connectivity index (χ4v) is 2.84. The molecule has 0 amide bonds. The van der Waals surface area contributed by atoms with E-state index < -0.39 is 0 Å². The quantitative estimate of drug-likeness (QED) is 0.800. The van der Waals surface area contributed by atoms with Gasteiger partial charge in [0.05, 0.1) is 0 Å². The van der Waals surface area contributed by atoms with Crippen molar-refractivity contribution in [1.82, 2.24) is 0 Å². The van der Waals surface area contributed by atoms with Crippen LogP contribution in [0.25, 0.3) is 10.1 Å². The van der Waals surface area contributed by atoms with Crippen LogP contribution >= 0.6 is 11.3 Å². The number of fused-ring (bicyclic) bond motifs is 1. The van der Waals surface area contributed by atoms with E-state index in [2.05, 4.69) is 37.4 Å². The Morgan fingerprint density at radius 1 is 1.43 bits per heavy atom. The van der Waals surface area contributed by atoms with E-state index >= 15 is 0 Å². The molecule has 0 bridgehead atoms. The molecule has 1 atom stereocenters. The first-order valence-electron chi connectivity index (χ1n) is 4.90. The fraction of sp³-hybridized carbons (Fsp3) is 0.333. The van der Waals surface area contributed by atoms with E-state index in [-0.39, 0.29) is 0 Å². The third kappa shape index (κ3) is 1.56. The van der Waals surface area contributed by atoms with Crippen molar-refractivity contribution in [2.45, 2.75) is 19.8 Å². The highest BCUT2D eigenvalue weighted by atomic mass is 32.1. The van der Waals surface area contributed by atoms with E-state index in [0.717, 1.165) is 6.54 Å². The average Bonchev–Trinajstić information content (AvgIpc) is 2.59. The average molecular weight is 205 g/mol. The normalized spacial score (nSPS) is 13.4. The van der Waals surface area contributed by atoms with Gasteiger partial charge in [0.1, 0.15) is 0 Å². The number of rotatable bonds is 2. The summed E-state index contributed by atoms with van der Waals surface area (Å²) in [6.07, 6.45) is 0. The van der Waals surface area contributed by atoms with Crippen LogP contribution in [0.3, 0.4) is 0 Å². The molecule has 14 heavy (non-hydrogen) atoms. The summed E-state index contributed by atoms with van der Waals surface area (Å²) in [6.45, 7) is 5.03. The Labute approximate surface area is 88.6 Å². The molecule has 2 aromatic rings. The van der Waals surface area contributed by atoms with Gasteiger partial charge in [-0.05, 0) is 47.3 Å². The first kappa shape index (κ1) is 9.69. The van der Waals surface area contributed by atoms with Gasteiger partial charge in [-0.1, -0.05) is 19.1 Å². The minimum atomic E-state index is 0.464. The van der Waals surface area contributed by atoms with Crippen LogP contribution in [0.5, 0.6) is 0 Å². The lowest BCUT2D eigenvalue weighted by molar-refractivity contribution is 0.783. The summed E-state index contributed by atoms with van der Waals surface area (Å²) >= 11 is 1.82. The molecule has 0 spiro atoms. The zero-order chi connectivity index (χ0) is 10.1. The Morgan fingerprint density at radius 3 is 2.93 bits per heavy atom. The zero-order valence-corrected chi connectivity index (χ0v) is 9.40. The molecular formula is C12H15NS. The van der Waals surface area contributed by atoms with E-state index in [0.29, 0.717) is 5.92 Å². The van der Waals surface area contributed by atoms with Gasteiger partial charge < -0.3 is 5.73 Å². The van der Waals surface area contributed by atoms with Crippen LogP contribution in [0.2, 0.25) is 0 Å². The largest absolute Gasteiger partial charge is 0.330 e. The van der Waals surface area contributed by atoms with Gasteiger partial charge in [-0.2, -0.15) is 0 Å². The molecule has 0 aliphatic carbocycles. The number of hydrogen-bond donors (Lipinski definition) is 1. The molecule has 2 N–H and O–H groups in total. The van der Waals surface area contributed by atoms with Gasteiger partial charge in [-0.3, -0.25) is 0 Å². The van der Waals surface area contributed by atoms with Gasteiger partial charge in [0.15, 0.2) is 0 Å². The number of aryl methyl sites for hydroxylation is 1. The van der Waals surface area contributed by atoms with Crippen molar-refractivity contribution in [2.24, 2.45) is 5.73 Å². The lowest BCUT2D eigenvalue weighted by Gasteiger charge is -2.06. The van der Waals surface area contributed by atoms with Crippen LogP contribution in [0, 0.1) is 6.92 Å². The van der Waals surface area contributed by atoms with E-state index in [1.165, 1.54) is 21.2 Å². The highest BCUT2D eigenvalue weighted by Gasteiger charge is 2.09. The summed E-state index contributed by atoms with van der Waals surface area (Å²) in [4.78, 5) is 0. The smallest absolute Gasteiger partial charge is 0.0348 e. The molecule has 1 unspecified atom stereocenters. The van der Waals surface area contributed by atoms with E-state index in [9.17, 15) is 0 Å². The summed E-state index contributed by atoms with van der Waals surface area (Å²) in [5.74, 6) is 0.464. The minimum absolute atomic E-state index is 0.464. The minimum Gasteiger partial charge on any atom is -0.330 e. The Balaban J connectivity index is 2.58. The Bertz CT molecular complexity index is 445. The van der Waals surface area contributed by atoms with Crippen LogP contribution in [0.1, 0.15) is 24.0 Å². The summed E-state index contributed by atoms with van der Waals surface area (Å²) in [6, 6.07) is 6.62. The SMILES string of the molecule is Cc1ccc2c(C(C)CN)csc2c1. The van der Waals surface area contributed by atoms with E-state index in [1.807, 2.05) is 11.3 Å². The second kappa shape index (κ2) is 3.71. The van der Waals surface area contributed by atoms with Crippen molar-refractivity contribution in [1.29, 1.82) is 0 Å².